The Morgan fingerprint density at radius 1 is 0.652 bits per heavy atom. The Bertz CT molecular complexity index is 3090. The van der Waals surface area contributed by atoms with Crippen molar-refractivity contribution in [1.82, 2.24) is 0 Å². The number of aryl methyl sites for hydroxylation is 2. The van der Waals surface area contributed by atoms with Gasteiger partial charge >= 0.3 is 0 Å². The van der Waals surface area contributed by atoms with E-state index in [0.29, 0.717) is 5.57 Å². The monoisotopic (exact) mass is 938 g/mol. The number of ether oxygens (including phenoxy) is 1. The number of anilines is 1. The fourth-order valence-electron chi connectivity index (χ4n) is 9.82. The van der Waals surface area contributed by atoms with Crippen LogP contribution in [0, 0.1) is 34.0 Å². The number of nitrogens with zero attached hydrogens (tertiary/aromatic N) is 4. The molecule has 0 unspecified atom stereocenters. The standard InChI is InChI=1S/C57H54N4OS4/c1-7-9-11-13-15-36-17-23-40(24-18-36)57(41-25-19-37(20-26-41)16-14-12-10-8-2)49-52-47(31-43(63-52)29-30-45-44(35-60)51(39(33-58)34-59)62-56(45,3)4)65-54(49)55-50(57)53-48(66-55)32-46(64-53)38-21-27-42(28-22-38)61(5)6/h17-32H,7-16H2,1-6H3/b30-29+. The molecule has 9 rings (SSSR count). The Hall–Kier alpha value is -5.73. The molecule has 0 bridgehead atoms. The highest BCUT2D eigenvalue weighted by Crippen LogP contribution is 2.67. The smallest absolute Gasteiger partial charge is 0.172 e. The zero-order valence-corrected chi connectivity index (χ0v) is 41.9. The quantitative estimate of drug-likeness (QED) is 0.0712. The Morgan fingerprint density at radius 3 is 1.71 bits per heavy atom. The molecule has 2 aliphatic rings. The maximum Gasteiger partial charge on any atom is 0.172 e. The molecule has 5 nitrogen and oxygen atoms in total. The van der Waals surface area contributed by atoms with Crippen molar-refractivity contribution in [3.63, 3.8) is 0 Å². The summed E-state index contributed by atoms with van der Waals surface area (Å²) in [7, 11) is 4.17. The van der Waals surface area contributed by atoms with E-state index in [1.54, 1.807) is 11.3 Å². The van der Waals surface area contributed by atoms with Gasteiger partial charge in [0.05, 0.1) is 24.6 Å². The van der Waals surface area contributed by atoms with Crippen molar-refractivity contribution in [2.24, 2.45) is 0 Å². The lowest BCUT2D eigenvalue weighted by Crippen LogP contribution is -2.28. The minimum Gasteiger partial charge on any atom is -0.480 e. The van der Waals surface area contributed by atoms with Gasteiger partial charge in [-0.2, -0.15) is 15.8 Å². The Kier molecular flexibility index (Phi) is 13.0. The number of thiophene rings is 4. The van der Waals surface area contributed by atoms with Crippen LogP contribution in [-0.4, -0.2) is 19.7 Å². The minimum absolute atomic E-state index is 0.0562. The van der Waals surface area contributed by atoms with E-state index in [9.17, 15) is 15.8 Å². The number of unbranched alkanes of at least 4 members (excludes halogenated alkanes) is 6. The van der Waals surface area contributed by atoms with Crippen LogP contribution in [-0.2, 0) is 23.0 Å². The summed E-state index contributed by atoms with van der Waals surface area (Å²) >= 11 is 7.56. The van der Waals surface area contributed by atoms with Crippen LogP contribution in [0.3, 0.4) is 0 Å². The van der Waals surface area contributed by atoms with Gasteiger partial charge in [-0.15, -0.1) is 45.3 Å². The van der Waals surface area contributed by atoms with Gasteiger partial charge in [0.1, 0.15) is 29.4 Å². The first kappa shape index (κ1) is 45.4. The zero-order valence-electron chi connectivity index (χ0n) is 38.6. The van der Waals surface area contributed by atoms with Crippen LogP contribution in [0.5, 0.6) is 0 Å². The third kappa shape index (κ3) is 8.03. The molecule has 332 valence electrons. The van der Waals surface area contributed by atoms with Crippen LogP contribution in [0.4, 0.5) is 5.69 Å². The van der Waals surface area contributed by atoms with Crippen molar-refractivity contribution in [2.75, 3.05) is 19.0 Å². The fourth-order valence-corrected chi connectivity index (χ4v) is 15.4. The van der Waals surface area contributed by atoms with Crippen molar-refractivity contribution >= 4 is 75.9 Å². The molecule has 3 aromatic carbocycles. The van der Waals surface area contributed by atoms with Crippen molar-refractivity contribution in [3.8, 4) is 38.4 Å². The van der Waals surface area contributed by atoms with Crippen molar-refractivity contribution in [3.05, 3.63) is 152 Å². The second-order valence-corrected chi connectivity index (χ2v) is 22.5. The van der Waals surface area contributed by atoms with Gasteiger partial charge in [0.2, 0.25) is 0 Å². The van der Waals surface area contributed by atoms with Gasteiger partial charge in [-0.1, -0.05) is 119 Å². The maximum absolute atomic E-state index is 10.3. The lowest BCUT2D eigenvalue weighted by molar-refractivity contribution is 0.0954. The summed E-state index contributed by atoms with van der Waals surface area (Å²) in [6, 6.07) is 39.0. The molecule has 1 aliphatic carbocycles. The topological polar surface area (TPSA) is 83.8 Å². The largest absolute Gasteiger partial charge is 0.480 e. The third-order valence-electron chi connectivity index (χ3n) is 13.3. The van der Waals surface area contributed by atoms with Gasteiger partial charge in [-0.05, 0) is 97.7 Å². The minimum atomic E-state index is -0.890. The molecule has 0 atom stereocenters. The van der Waals surface area contributed by atoms with Crippen molar-refractivity contribution < 1.29 is 4.74 Å². The SMILES string of the molecule is CCCCCCc1ccc(C2(c3ccc(CCCCCC)cc3)c3c(sc4cc(/C=C/C5=C(C#N)C(=C(C#N)C#N)OC5(C)C)sc34)-c3sc4cc(-c5ccc(N(C)C)cc5)sc4c32)cc1. The molecule has 0 saturated carbocycles. The second-order valence-electron chi connectivity index (χ2n) is 18.2. The van der Waals surface area contributed by atoms with Gasteiger partial charge in [0.25, 0.3) is 0 Å². The summed E-state index contributed by atoms with van der Waals surface area (Å²) in [6.45, 7) is 8.29. The normalized spacial score (nSPS) is 14.7. The number of rotatable bonds is 16. The summed E-state index contributed by atoms with van der Waals surface area (Å²) in [6.07, 6.45) is 16.1. The van der Waals surface area contributed by atoms with E-state index in [1.807, 2.05) is 66.1 Å². The fraction of sp³-hybridized carbons (Fsp3) is 0.316. The van der Waals surface area contributed by atoms with E-state index in [4.69, 9.17) is 4.74 Å². The van der Waals surface area contributed by atoms with Crippen LogP contribution < -0.4 is 4.90 Å². The predicted molar refractivity (Wildman–Crippen MR) is 281 cm³/mol. The van der Waals surface area contributed by atoms with E-state index < -0.39 is 11.0 Å². The number of fused-ring (bicyclic) bond motifs is 7. The second kappa shape index (κ2) is 18.9. The lowest BCUT2D eigenvalue weighted by atomic mass is 9.68. The van der Waals surface area contributed by atoms with Crippen LogP contribution in [0.2, 0.25) is 0 Å². The molecule has 0 N–H and O–H groups in total. The number of hydrogen-bond donors (Lipinski definition) is 0. The highest BCUT2D eigenvalue weighted by Gasteiger charge is 2.52. The number of benzene rings is 3. The summed E-state index contributed by atoms with van der Waals surface area (Å²) in [5.74, 6) is 0.0562. The molecular weight excluding hydrogens is 885 g/mol. The Balaban J connectivity index is 1.24. The molecule has 0 fully saturated rings. The summed E-state index contributed by atoms with van der Waals surface area (Å²) in [5, 5.41) is 29.6. The van der Waals surface area contributed by atoms with Crippen LogP contribution >= 0.6 is 45.3 Å². The summed E-state index contributed by atoms with van der Waals surface area (Å²) < 4.78 is 11.3. The first-order valence-corrected chi connectivity index (χ1v) is 26.5. The number of allylic oxidation sites excluding steroid dienone is 2. The number of nitriles is 3. The molecule has 66 heavy (non-hydrogen) atoms. The van der Waals surface area contributed by atoms with Crippen molar-refractivity contribution in [2.45, 2.75) is 103 Å². The van der Waals surface area contributed by atoms with Crippen LogP contribution in [0.25, 0.3) is 45.1 Å². The van der Waals surface area contributed by atoms with E-state index in [0.717, 1.165) is 17.7 Å². The number of hydrogen-bond acceptors (Lipinski definition) is 9. The average Bonchev–Trinajstić information content (AvgIpc) is 4.16. The molecule has 9 heteroatoms. The maximum atomic E-state index is 10.3. The third-order valence-corrected chi connectivity index (χ3v) is 18.3. The van der Waals surface area contributed by atoms with Crippen LogP contribution in [0.1, 0.15) is 117 Å². The molecule has 1 aliphatic heterocycles. The van der Waals surface area contributed by atoms with Gasteiger partial charge < -0.3 is 9.64 Å². The van der Waals surface area contributed by atoms with E-state index in [-0.39, 0.29) is 16.9 Å². The van der Waals surface area contributed by atoms with Gasteiger partial charge in [-0.25, -0.2) is 0 Å². The average molecular weight is 939 g/mol. The van der Waals surface area contributed by atoms with E-state index in [2.05, 4.69) is 130 Å². The van der Waals surface area contributed by atoms with Crippen molar-refractivity contribution in [1.29, 1.82) is 15.8 Å². The molecule has 0 radical (unpaired) electrons. The van der Waals surface area contributed by atoms with E-state index in [1.165, 1.54) is 129 Å². The lowest BCUT2D eigenvalue weighted by Gasteiger charge is -2.33. The highest BCUT2D eigenvalue weighted by atomic mass is 32.1. The van der Waals surface area contributed by atoms with Gasteiger partial charge in [0.15, 0.2) is 11.3 Å². The van der Waals surface area contributed by atoms with Crippen LogP contribution in [0.15, 0.2) is 113 Å². The van der Waals surface area contributed by atoms with Gasteiger partial charge in [-0.3, -0.25) is 0 Å². The molecule has 7 aromatic rings. The molecule has 0 spiro atoms. The first-order chi connectivity index (χ1) is 32.1. The molecule has 5 heterocycles. The highest BCUT2D eigenvalue weighted by molar-refractivity contribution is 7.35. The Morgan fingerprint density at radius 2 is 1.20 bits per heavy atom. The molecular formula is C57H54N4OS4. The summed E-state index contributed by atoms with van der Waals surface area (Å²) in [5.41, 5.74) is 9.80. The molecule has 0 saturated heterocycles. The Labute approximate surface area is 405 Å². The van der Waals surface area contributed by atoms with E-state index >= 15 is 0 Å². The predicted octanol–water partition coefficient (Wildman–Crippen LogP) is 16.5. The first-order valence-electron chi connectivity index (χ1n) is 23.2. The molecule has 4 aromatic heterocycles. The zero-order chi connectivity index (χ0) is 46.2. The molecule has 0 amide bonds. The summed E-state index contributed by atoms with van der Waals surface area (Å²) in [4.78, 5) is 7.23. The van der Waals surface area contributed by atoms with Gasteiger partial charge in [0, 0.05) is 55.6 Å².